The van der Waals surface area contributed by atoms with E-state index in [0.29, 0.717) is 32.2 Å². The number of carbonyl (C=O) groups is 1. The molecule has 26 heavy (non-hydrogen) atoms. The van der Waals surface area contributed by atoms with E-state index >= 15 is 0 Å². The van der Waals surface area contributed by atoms with Gasteiger partial charge in [-0.2, -0.15) is 0 Å². The summed E-state index contributed by atoms with van der Waals surface area (Å²) in [6.45, 7) is 0. The Labute approximate surface area is 161 Å². The lowest BCUT2D eigenvalue weighted by Gasteiger charge is -2.15. The fourth-order valence-electron chi connectivity index (χ4n) is 2.53. The van der Waals surface area contributed by atoms with Crippen LogP contribution in [0.3, 0.4) is 0 Å². The van der Waals surface area contributed by atoms with E-state index in [1.165, 1.54) is 16.7 Å². The molecule has 1 saturated heterocycles. The van der Waals surface area contributed by atoms with Gasteiger partial charge in [0, 0.05) is 11.6 Å². The molecule has 0 atom stereocenters. The van der Waals surface area contributed by atoms with Crippen molar-refractivity contribution in [2.24, 2.45) is 0 Å². The number of methoxy groups -OCH3 is 3. The number of nitrogens with zero attached hydrogens (tertiary/aromatic N) is 1. The van der Waals surface area contributed by atoms with Crippen LogP contribution < -0.4 is 19.1 Å². The summed E-state index contributed by atoms with van der Waals surface area (Å²) in [5, 5.41) is 0. The molecule has 0 bridgehead atoms. The standard InChI is InChI=1S/C19H17NO4S2/c1-22-14-6-4-5-13(11-14)20-18(21)17(26-19(20)25)10-12-9-15(23-2)7-8-16(12)24-3/h4-11H,1-3H3/b17-10+. The average molecular weight is 387 g/mol. The van der Waals surface area contributed by atoms with E-state index in [0.717, 1.165) is 5.56 Å². The van der Waals surface area contributed by atoms with Gasteiger partial charge < -0.3 is 14.2 Å². The lowest BCUT2D eigenvalue weighted by Crippen LogP contribution is -2.27. The Hall–Kier alpha value is -2.51. The largest absolute Gasteiger partial charge is 0.497 e. The highest BCUT2D eigenvalue weighted by atomic mass is 32.2. The first kappa shape index (κ1) is 18.3. The first-order valence-corrected chi connectivity index (χ1v) is 8.94. The third-order valence-electron chi connectivity index (χ3n) is 3.83. The molecule has 134 valence electrons. The first-order valence-electron chi connectivity index (χ1n) is 7.71. The van der Waals surface area contributed by atoms with Crippen LogP contribution in [-0.4, -0.2) is 31.6 Å². The van der Waals surface area contributed by atoms with Gasteiger partial charge in [-0.1, -0.05) is 30.0 Å². The number of ether oxygens (including phenoxy) is 3. The fraction of sp³-hybridized carbons (Fsp3) is 0.158. The number of hydrogen-bond acceptors (Lipinski definition) is 6. The van der Waals surface area contributed by atoms with Crippen LogP contribution in [0.4, 0.5) is 5.69 Å². The van der Waals surface area contributed by atoms with E-state index in [9.17, 15) is 4.79 Å². The van der Waals surface area contributed by atoms with Gasteiger partial charge in [0.25, 0.3) is 5.91 Å². The second-order valence-electron chi connectivity index (χ2n) is 5.33. The van der Waals surface area contributed by atoms with Crippen molar-refractivity contribution in [1.82, 2.24) is 0 Å². The highest BCUT2D eigenvalue weighted by molar-refractivity contribution is 8.27. The minimum absolute atomic E-state index is 0.182. The Morgan fingerprint density at radius 1 is 1.00 bits per heavy atom. The maximum absolute atomic E-state index is 12.9. The number of benzene rings is 2. The summed E-state index contributed by atoms with van der Waals surface area (Å²) in [6.07, 6.45) is 1.76. The number of rotatable bonds is 5. The number of carbonyl (C=O) groups excluding carboxylic acids is 1. The molecule has 1 aliphatic rings. The smallest absolute Gasteiger partial charge is 0.270 e. The highest BCUT2D eigenvalue weighted by Gasteiger charge is 2.33. The number of thioether (sulfide) groups is 1. The van der Waals surface area contributed by atoms with Crippen molar-refractivity contribution in [3.8, 4) is 17.2 Å². The summed E-state index contributed by atoms with van der Waals surface area (Å²) < 4.78 is 16.3. The second-order valence-corrected chi connectivity index (χ2v) is 7.00. The Bertz CT molecular complexity index is 895. The molecular weight excluding hydrogens is 370 g/mol. The van der Waals surface area contributed by atoms with Crippen molar-refractivity contribution >= 4 is 46.0 Å². The van der Waals surface area contributed by atoms with Crippen molar-refractivity contribution in [1.29, 1.82) is 0 Å². The van der Waals surface area contributed by atoms with E-state index < -0.39 is 0 Å². The van der Waals surface area contributed by atoms with Crippen molar-refractivity contribution in [3.63, 3.8) is 0 Å². The van der Waals surface area contributed by atoms with Gasteiger partial charge in [-0.15, -0.1) is 0 Å². The summed E-state index contributed by atoms with van der Waals surface area (Å²) in [5.74, 6) is 1.81. The molecule has 0 radical (unpaired) electrons. The van der Waals surface area contributed by atoms with E-state index in [1.807, 2.05) is 24.3 Å². The van der Waals surface area contributed by atoms with Crippen LogP contribution in [0, 0.1) is 0 Å². The number of hydrogen-bond donors (Lipinski definition) is 0. The summed E-state index contributed by atoms with van der Waals surface area (Å²) in [7, 11) is 4.76. The van der Waals surface area contributed by atoms with Crippen LogP contribution in [-0.2, 0) is 4.79 Å². The normalized spacial score (nSPS) is 15.5. The second kappa shape index (κ2) is 7.80. The van der Waals surface area contributed by atoms with Gasteiger partial charge in [-0.25, -0.2) is 0 Å². The molecule has 5 nitrogen and oxygen atoms in total. The molecule has 1 heterocycles. The summed E-state index contributed by atoms with van der Waals surface area (Å²) in [4.78, 5) is 14.9. The molecule has 7 heteroatoms. The number of anilines is 1. The van der Waals surface area contributed by atoms with Gasteiger partial charge in [-0.3, -0.25) is 9.69 Å². The zero-order valence-electron chi connectivity index (χ0n) is 14.5. The van der Waals surface area contributed by atoms with E-state index in [4.69, 9.17) is 26.4 Å². The third kappa shape index (κ3) is 3.54. The molecule has 0 aromatic heterocycles. The van der Waals surface area contributed by atoms with Crippen LogP contribution in [0.15, 0.2) is 47.4 Å². The predicted molar refractivity (Wildman–Crippen MR) is 108 cm³/mol. The van der Waals surface area contributed by atoms with E-state index in [2.05, 4.69) is 0 Å². The van der Waals surface area contributed by atoms with Gasteiger partial charge in [0.1, 0.15) is 17.2 Å². The number of thiocarbonyl (C=S) groups is 1. The topological polar surface area (TPSA) is 48.0 Å². The fourth-order valence-corrected chi connectivity index (χ4v) is 3.82. The highest BCUT2D eigenvalue weighted by Crippen LogP contribution is 2.38. The lowest BCUT2D eigenvalue weighted by atomic mass is 10.1. The summed E-state index contributed by atoms with van der Waals surface area (Å²) >= 11 is 6.66. The molecule has 3 rings (SSSR count). The van der Waals surface area contributed by atoms with Crippen molar-refractivity contribution in [2.75, 3.05) is 26.2 Å². The minimum Gasteiger partial charge on any atom is -0.497 e. The molecule has 1 aliphatic heterocycles. The number of amides is 1. The van der Waals surface area contributed by atoms with Gasteiger partial charge in [0.15, 0.2) is 4.32 Å². The lowest BCUT2D eigenvalue weighted by molar-refractivity contribution is -0.113. The van der Waals surface area contributed by atoms with Crippen LogP contribution in [0.2, 0.25) is 0 Å². The SMILES string of the molecule is COc1cccc(N2C(=O)/C(=C\c3cc(OC)ccc3OC)SC2=S)c1. The van der Waals surface area contributed by atoms with Gasteiger partial charge in [0.05, 0.1) is 31.9 Å². The quantitative estimate of drug-likeness (QED) is 0.568. The Balaban J connectivity index is 1.97. The van der Waals surface area contributed by atoms with Gasteiger partial charge in [0.2, 0.25) is 0 Å². The van der Waals surface area contributed by atoms with E-state index in [-0.39, 0.29) is 5.91 Å². The monoisotopic (exact) mass is 387 g/mol. The predicted octanol–water partition coefficient (Wildman–Crippen LogP) is 4.12. The van der Waals surface area contributed by atoms with Gasteiger partial charge >= 0.3 is 0 Å². The van der Waals surface area contributed by atoms with Crippen molar-refractivity contribution in [2.45, 2.75) is 0 Å². The first-order chi connectivity index (χ1) is 12.6. The Morgan fingerprint density at radius 2 is 1.73 bits per heavy atom. The van der Waals surface area contributed by atoms with Gasteiger partial charge in [-0.05, 0) is 36.4 Å². The third-order valence-corrected chi connectivity index (χ3v) is 5.13. The molecular formula is C19H17NO4S2. The Morgan fingerprint density at radius 3 is 2.42 bits per heavy atom. The van der Waals surface area contributed by atoms with Crippen LogP contribution in [0.5, 0.6) is 17.2 Å². The maximum Gasteiger partial charge on any atom is 0.270 e. The zero-order valence-corrected chi connectivity index (χ0v) is 16.1. The molecule has 0 saturated carbocycles. The van der Waals surface area contributed by atoms with Crippen LogP contribution in [0.25, 0.3) is 6.08 Å². The molecule has 2 aromatic carbocycles. The summed E-state index contributed by atoms with van der Waals surface area (Å²) in [5.41, 5.74) is 1.42. The van der Waals surface area contributed by atoms with E-state index in [1.54, 1.807) is 45.6 Å². The van der Waals surface area contributed by atoms with Crippen molar-refractivity contribution < 1.29 is 19.0 Å². The molecule has 1 fully saturated rings. The molecule has 0 aliphatic carbocycles. The molecule has 0 unspecified atom stereocenters. The molecule has 2 aromatic rings. The zero-order chi connectivity index (χ0) is 18.7. The summed E-state index contributed by atoms with van der Waals surface area (Å²) in [6, 6.07) is 12.7. The molecule has 1 amide bonds. The van der Waals surface area contributed by atoms with Crippen LogP contribution in [0.1, 0.15) is 5.56 Å². The molecule has 0 spiro atoms. The minimum atomic E-state index is -0.182. The van der Waals surface area contributed by atoms with Crippen molar-refractivity contribution in [3.05, 3.63) is 52.9 Å². The van der Waals surface area contributed by atoms with Crippen LogP contribution >= 0.6 is 24.0 Å². The maximum atomic E-state index is 12.9. The molecule has 0 N–H and O–H groups in total. The Kier molecular flexibility index (Phi) is 5.49. The average Bonchev–Trinajstić information content (AvgIpc) is 2.95.